The van der Waals surface area contributed by atoms with E-state index in [1.54, 1.807) is 30.6 Å². The molecule has 1 saturated heterocycles. The summed E-state index contributed by atoms with van der Waals surface area (Å²) in [7, 11) is 1.63. The van der Waals surface area contributed by atoms with Gasteiger partial charge in [-0.15, -0.1) is 0 Å². The molecular formula is C20H26N2O2S. The van der Waals surface area contributed by atoms with Crippen LogP contribution in [0.3, 0.4) is 0 Å². The van der Waals surface area contributed by atoms with Crippen LogP contribution in [0.25, 0.3) is 0 Å². The van der Waals surface area contributed by atoms with E-state index in [0.717, 1.165) is 18.8 Å². The summed E-state index contributed by atoms with van der Waals surface area (Å²) in [5.41, 5.74) is 1.97. The van der Waals surface area contributed by atoms with Gasteiger partial charge in [0.05, 0.1) is 13.2 Å². The highest BCUT2D eigenvalue weighted by Gasteiger charge is 2.22. The highest BCUT2D eigenvalue weighted by Crippen LogP contribution is 2.25. The van der Waals surface area contributed by atoms with Crippen LogP contribution >= 0.6 is 11.3 Å². The summed E-state index contributed by atoms with van der Waals surface area (Å²) in [5, 5.41) is 7.45. The summed E-state index contributed by atoms with van der Waals surface area (Å²) in [6.45, 7) is 2.86. The quantitative estimate of drug-likeness (QED) is 0.845. The van der Waals surface area contributed by atoms with E-state index in [1.807, 2.05) is 12.1 Å². The molecule has 1 aromatic carbocycles. The topological polar surface area (TPSA) is 41.6 Å². The first-order valence-corrected chi connectivity index (χ1v) is 9.90. The summed E-state index contributed by atoms with van der Waals surface area (Å²) in [5.74, 6) is 0.731. The molecule has 3 rings (SSSR count). The molecule has 1 aliphatic heterocycles. The van der Waals surface area contributed by atoms with Crippen molar-refractivity contribution < 1.29 is 9.53 Å². The molecule has 0 radical (unpaired) electrons. The second kappa shape index (κ2) is 9.02. The van der Waals surface area contributed by atoms with Crippen LogP contribution in [0.5, 0.6) is 5.75 Å². The van der Waals surface area contributed by atoms with E-state index in [1.165, 1.54) is 31.2 Å². The van der Waals surface area contributed by atoms with Crippen molar-refractivity contribution in [2.24, 2.45) is 0 Å². The van der Waals surface area contributed by atoms with Crippen LogP contribution in [0.15, 0.2) is 41.1 Å². The average Bonchev–Trinajstić information content (AvgIpc) is 3.05. The lowest BCUT2D eigenvalue weighted by atomic mass is 10.1. The largest absolute Gasteiger partial charge is 0.497 e. The number of rotatable bonds is 6. The zero-order chi connectivity index (χ0) is 17.5. The number of benzene rings is 1. The molecule has 4 nitrogen and oxygen atoms in total. The zero-order valence-corrected chi connectivity index (χ0v) is 15.6. The van der Waals surface area contributed by atoms with Crippen molar-refractivity contribution in [2.75, 3.05) is 26.7 Å². The van der Waals surface area contributed by atoms with Crippen molar-refractivity contribution in [3.05, 3.63) is 52.2 Å². The number of nitrogens with one attached hydrogen (secondary N) is 1. The highest BCUT2D eigenvalue weighted by molar-refractivity contribution is 7.07. The number of ether oxygens (including phenoxy) is 1. The molecule has 5 heteroatoms. The van der Waals surface area contributed by atoms with E-state index >= 15 is 0 Å². The van der Waals surface area contributed by atoms with Crippen LogP contribution in [0.1, 0.15) is 47.6 Å². The van der Waals surface area contributed by atoms with Gasteiger partial charge >= 0.3 is 0 Å². The molecule has 0 saturated carbocycles. The summed E-state index contributed by atoms with van der Waals surface area (Å²) in [6.07, 6.45) is 5.11. The van der Waals surface area contributed by atoms with E-state index in [0.29, 0.717) is 12.1 Å². The average molecular weight is 359 g/mol. The lowest BCUT2D eigenvalue weighted by molar-refractivity contribution is 0.0933. The first-order chi connectivity index (χ1) is 12.3. The predicted molar refractivity (Wildman–Crippen MR) is 102 cm³/mol. The molecule has 1 atom stereocenters. The number of carbonyl (C=O) groups excluding carboxylic acids is 1. The monoisotopic (exact) mass is 358 g/mol. The number of thiophene rings is 1. The summed E-state index contributed by atoms with van der Waals surface area (Å²) >= 11 is 1.72. The number of likely N-dealkylation sites (tertiary alicyclic amines) is 1. The summed E-state index contributed by atoms with van der Waals surface area (Å²) in [4.78, 5) is 15.0. The third-order valence-electron chi connectivity index (χ3n) is 4.82. The number of carbonyl (C=O) groups is 1. The van der Waals surface area contributed by atoms with Crippen molar-refractivity contribution in [1.82, 2.24) is 10.2 Å². The lowest BCUT2D eigenvalue weighted by Crippen LogP contribution is -2.38. The molecule has 1 fully saturated rings. The van der Waals surface area contributed by atoms with Crippen molar-refractivity contribution in [1.29, 1.82) is 0 Å². The molecule has 1 amide bonds. The Kier molecular flexibility index (Phi) is 6.48. The minimum atomic E-state index is -0.0299. The Morgan fingerprint density at radius 1 is 1.16 bits per heavy atom. The van der Waals surface area contributed by atoms with Gasteiger partial charge in [-0.25, -0.2) is 0 Å². The fraction of sp³-hybridized carbons (Fsp3) is 0.450. The van der Waals surface area contributed by atoms with E-state index < -0.39 is 0 Å². The second-order valence-electron chi connectivity index (χ2n) is 6.46. The number of nitrogens with zero attached hydrogens (tertiary/aromatic N) is 1. The van der Waals surface area contributed by atoms with Gasteiger partial charge in [0.2, 0.25) is 0 Å². The molecule has 0 unspecified atom stereocenters. The van der Waals surface area contributed by atoms with Gasteiger partial charge in [-0.2, -0.15) is 11.3 Å². The maximum Gasteiger partial charge on any atom is 0.251 e. The maximum atomic E-state index is 12.5. The fourth-order valence-corrected chi connectivity index (χ4v) is 4.07. The number of hydrogen-bond acceptors (Lipinski definition) is 4. The van der Waals surface area contributed by atoms with Gasteiger partial charge in [-0.3, -0.25) is 9.69 Å². The molecule has 0 bridgehead atoms. The van der Waals surface area contributed by atoms with Crippen LogP contribution in [0.4, 0.5) is 0 Å². The van der Waals surface area contributed by atoms with Gasteiger partial charge in [0.1, 0.15) is 5.75 Å². The third kappa shape index (κ3) is 4.83. The molecular weight excluding hydrogens is 332 g/mol. The standard InChI is InChI=1S/C20H26N2O2S/c1-24-18-8-6-16(7-9-18)20(23)21-14-19(17-10-13-25-15-17)22-11-4-2-3-5-12-22/h6-10,13,15,19H,2-5,11-12,14H2,1H3,(H,21,23)/t19-/m0/s1. The molecule has 1 aromatic heterocycles. The number of hydrogen-bond donors (Lipinski definition) is 1. The highest BCUT2D eigenvalue weighted by atomic mass is 32.1. The third-order valence-corrected chi connectivity index (χ3v) is 5.52. The molecule has 1 aliphatic rings. The second-order valence-corrected chi connectivity index (χ2v) is 7.24. The van der Waals surface area contributed by atoms with Crippen LogP contribution in [0, 0.1) is 0 Å². The Hall–Kier alpha value is -1.85. The van der Waals surface area contributed by atoms with Crippen LogP contribution in [-0.4, -0.2) is 37.6 Å². The Morgan fingerprint density at radius 2 is 1.88 bits per heavy atom. The van der Waals surface area contributed by atoms with Gasteiger partial charge in [0, 0.05) is 12.1 Å². The summed E-state index contributed by atoms with van der Waals surface area (Å²) < 4.78 is 5.15. The summed E-state index contributed by atoms with van der Waals surface area (Å²) in [6, 6.07) is 9.69. The molecule has 134 valence electrons. The zero-order valence-electron chi connectivity index (χ0n) is 14.7. The molecule has 2 heterocycles. The van der Waals surface area contributed by atoms with Crippen molar-refractivity contribution in [2.45, 2.75) is 31.7 Å². The van der Waals surface area contributed by atoms with E-state index in [2.05, 4.69) is 27.0 Å². The van der Waals surface area contributed by atoms with Crippen LogP contribution in [-0.2, 0) is 0 Å². The minimum absolute atomic E-state index is 0.0299. The Bertz CT molecular complexity index is 647. The van der Waals surface area contributed by atoms with Gasteiger partial charge in [0.15, 0.2) is 0 Å². The van der Waals surface area contributed by atoms with E-state index in [-0.39, 0.29) is 11.9 Å². The number of amides is 1. The van der Waals surface area contributed by atoms with Crippen LogP contribution in [0.2, 0.25) is 0 Å². The number of methoxy groups -OCH3 is 1. The van der Waals surface area contributed by atoms with E-state index in [9.17, 15) is 4.79 Å². The first kappa shape index (κ1) is 18.0. The predicted octanol–water partition coefficient (Wildman–Crippen LogP) is 4.10. The fourth-order valence-electron chi connectivity index (χ4n) is 3.36. The van der Waals surface area contributed by atoms with Gasteiger partial charge < -0.3 is 10.1 Å². The Balaban J connectivity index is 1.66. The van der Waals surface area contributed by atoms with Crippen molar-refractivity contribution in [3.8, 4) is 5.75 Å². The van der Waals surface area contributed by atoms with E-state index in [4.69, 9.17) is 4.74 Å². The van der Waals surface area contributed by atoms with Gasteiger partial charge in [0.25, 0.3) is 5.91 Å². The molecule has 1 N–H and O–H groups in total. The Morgan fingerprint density at radius 3 is 2.48 bits per heavy atom. The normalized spacial score (nSPS) is 16.8. The van der Waals surface area contributed by atoms with Crippen molar-refractivity contribution in [3.63, 3.8) is 0 Å². The SMILES string of the molecule is COc1ccc(C(=O)NC[C@@H](c2ccsc2)N2CCCCCC2)cc1. The van der Waals surface area contributed by atoms with Crippen molar-refractivity contribution >= 4 is 17.2 Å². The smallest absolute Gasteiger partial charge is 0.251 e. The minimum Gasteiger partial charge on any atom is -0.497 e. The lowest BCUT2D eigenvalue weighted by Gasteiger charge is -2.30. The maximum absolute atomic E-state index is 12.5. The Labute approximate surface area is 153 Å². The van der Waals surface area contributed by atoms with Gasteiger partial charge in [-0.1, -0.05) is 12.8 Å². The molecule has 25 heavy (non-hydrogen) atoms. The molecule has 2 aromatic rings. The molecule has 0 aliphatic carbocycles. The van der Waals surface area contributed by atoms with Gasteiger partial charge in [-0.05, 0) is 72.6 Å². The molecule has 0 spiro atoms. The van der Waals surface area contributed by atoms with Crippen LogP contribution < -0.4 is 10.1 Å². The first-order valence-electron chi connectivity index (χ1n) is 8.96.